The van der Waals surface area contributed by atoms with E-state index in [9.17, 15) is 4.79 Å². The van der Waals surface area contributed by atoms with Crippen molar-refractivity contribution in [1.82, 2.24) is 9.88 Å². The summed E-state index contributed by atoms with van der Waals surface area (Å²) >= 11 is 6.65. The van der Waals surface area contributed by atoms with Crippen LogP contribution in [0.4, 0.5) is 0 Å². The molecule has 1 unspecified atom stereocenters. The number of fused-ring (bicyclic) bond motifs is 2. The van der Waals surface area contributed by atoms with Crippen LogP contribution in [0.2, 0.25) is 5.02 Å². The highest BCUT2D eigenvalue weighted by Crippen LogP contribution is 2.30. The SMILES string of the molecule is COC(=O)C1Cc2ccccc2CN1Cc1nc2ccccc2c(C)c1Cl. The number of carbonyl (C=O) groups excluding carboxylic acids is 1. The van der Waals surface area contributed by atoms with E-state index in [4.69, 9.17) is 21.3 Å². The number of esters is 1. The van der Waals surface area contributed by atoms with Gasteiger partial charge in [-0.15, -0.1) is 0 Å². The molecular weight excluding hydrogens is 360 g/mol. The van der Waals surface area contributed by atoms with E-state index in [1.165, 1.54) is 18.2 Å². The molecule has 0 aliphatic carbocycles. The van der Waals surface area contributed by atoms with Gasteiger partial charge in [-0.2, -0.15) is 0 Å². The first-order valence-electron chi connectivity index (χ1n) is 9.01. The Bertz CT molecular complexity index is 1020. The number of halogens is 1. The second-order valence-corrected chi connectivity index (χ2v) is 7.31. The lowest BCUT2D eigenvalue weighted by Crippen LogP contribution is -2.45. The summed E-state index contributed by atoms with van der Waals surface area (Å²) in [6.07, 6.45) is 0.632. The zero-order valence-electron chi connectivity index (χ0n) is 15.4. The Hall–Kier alpha value is -2.43. The number of aryl methyl sites for hydroxylation is 1. The molecule has 0 amide bonds. The summed E-state index contributed by atoms with van der Waals surface area (Å²) in [6, 6.07) is 15.9. The normalized spacial score (nSPS) is 16.9. The first-order chi connectivity index (χ1) is 13.1. The summed E-state index contributed by atoms with van der Waals surface area (Å²) in [4.78, 5) is 19.3. The minimum absolute atomic E-state index is 0.224. The second kappa shape index (κ2) is 7.29. The lowest BCUT2D eigenvalue weighted by Gasteiger charge is -2.35. The standard InChI is InChI=1S/C22H21ClN2O2/c1-14-17-9-5-6-10-18(17)24-19(21(14)23)13-25-12-16-8-4-3-7-15(16)11-20(25)22(26)27-2/h3-10,20H,11-13H2,1-2H3. The fourth-order valence-electron chi connectivity index (χ4n) is 3.83. The van der Waals surface area contributed by atoms with Gasteiger partial charge in [-0.3, -0.25) is 9.69 Å². The van der Waals surface area contributed by atoms with E-state index < -0.39 is 0 Å². The van der Waals surface area contributed by atoms with Gasteiger partial charge >= 0.3 is 5.97 Å². The van der Waals surface area contributed by atoms with Crippen LogP contribution in [0.1, 0.15) is 22.4 Å². The average molecular weight is 381 g/mol. The Labute approximate surface area is 163 Å². The van der Waals surface area contributed by atoms with E-state index in [1.807, 2.05) is 43.3 Å². The second-order valence-electron chi connectivity index (χ2n) is 6.93. The lowest BCUT2D eigenvalue weighted by molar-refractivity contribution is -0.148. The van der Waals surface area contributed by atoms with Crippen molar-refractivity contribution in [2.24, 2.45) is 0 Å². The first-order valence-corrected chi connectivity index (χ1v) is 9.38. The van der Waals surface area contributed by atoms with Crippen molar-refractivity contribution < 1.29 is 9.53 Å². The van der Waals surface area contributed by atoms with Crippen LogP contribution < -0.4 is 0 Å². The maximum Gasteiger partial charge on any atom is 0.323 e. The van der Waals surface area contributed by atoms with Crippen molar-refractivity contribution >= 4 is 28.5 Å². The third-order valence-electron chi connectivity index (χ3n) is 5.32. The number of methoxy groups -OCH3 is 1. The molecule has 1 aliphatic heterocycles. The average Bonchev–Trinajstić information content (AvgIpc) is 2.70. The van der Waals surface area contributed by atoms with Crippen molar-refractivity contribution in [2.45, 2.75) is 32.5 Å². The zero-order chi connectivity index (χ0) is 19.0. The molecule has 27 heavy (non-hydrogen) atoms. The van der Waals surface area contributed by atoms with Crippen LogP contribution in [-0.2, 0) is 29.0 Å². The van der Waals surface area contributed by atoms with Gasteiger partial charge in [0.2, 0.25) is 0 Å². The molecule has 1 atom stereocenters. The molecular formula is C22H21ClN2O2. The van der Waals surface area contributed by atoms with Gasteiger partial charge < -0.3 is 4.74 Å². The minimum Gasteiger partial charge on any atom is -0.468 e. The molecule has 2 heterocycles. The van der Waals surface area contributed by atoms with Gasteiger partial charge in [-0.25, -0.2) is 4.98 Å². The summed E-state index contributed by atoms with van der Waals surface area (Å²) in [5, 5.41) is 1.72. The van der Waals surface area contributed by atoms with Gasteiger partial charge in [0.15, 0.2) is 0 Å². The zero-order valence-corrected chi connectivity index (χ0v) is 16.2. The largest absolute Gasteiger partial charge is 0.468 e. The van der Waals surface area contributed by atoms with Crippen molar-refractivity contribution in [1.29, 1.82) is 0 Å². The van der Waals surface area contributed by atoms with Crippen LogP contribution in [0.25, 0.3) is 10.9 Å². The molecule has 4 nitrogen and oxygen atoms in total. The number of aromatic nitrogens is 1. The molecule has 0 N–H and O–H groups in total. The molecule has 0 saturated carbocycles. The third kappa shape index (κ3) is 3.31. The number of rotatable bonds is 3. The van der Waals surface area contributed by atoms with Crippen molar-refractivity contribution in [2.75, 3.05) is 7.11 Å². The van der Waals surface area contributed by atoms with Gasteiger partial charge in [0, 0.05) is 18.5 Å². The number of para-hydroxylation sites is 1. The molecule has 1 aromatic heterocycles. The van der Waals surface area contributed by atoms with Crippen molar-refractivity contribution in [3.63, 3.8) is 0 Å². The first kappa shape index (κ1) is 18.0. The predicted octanol–water partition coefficient (Wildman–Crippen LogP) is 4.30. The maximum absolute atomic E-state index is 12.4. The van der Waals surface area contributed by atoms with E-state index in [0.717, 1.165) is 22.2 Å². The molecule has 1 aliphatic rings. The van der Waals surface area contributed by atoms with Crippen molar-refractivity contribution in [3.8, 4) is 0 Å². The van der Waals surface area contributed by atoms with E-state index in [1.54, 1.807) is 0 Å². The van der Waals surface area contributed by atoms with Crippen LogP contribution >= 0.6 is 11.6 Å². The van der Waals surface area contributed by atoms with E-state index in [0.29, 0.717) is 24.5 Å². The van der Waals surface area contributed by atoms with Gasteiger partial charge in [-0.1, -0.05) is 54.1 Å². The fraction of sp³-hybridized carbons (Fsp3) is 0.273. The number of hydrogen-bond acceptors (Lipinski definition) is 4. The molecule has 0 bridgehead atoms. The highest BCUT2D eigenvalue weighted by molar-refractivity contribution is 6.32. The molecule has 5 heteroatoms. The Kier molecular flexibility index (Phi) is 4.85. The minimum atomic E-state index is -0.338. The number of benzene rings is 2. The summed E-state index contributed by atoms with van der Waals surface area (Å²) < 4.78 is 5.06. The van der Waals surface area contributed by atoms with Gasteiger partial charge in [0.25, 0.3) is 0 Å². The number of ether oxygens (including phenoxy) is 1. The Morgan fingerprint density at radius 2 is 1.89 bits per heavy atom. The van der Waals surface area contributed by atoms with E-state index in [-0.39, 0.29) is 12.0 Å². The molecule has 2 aromatic carbocycles. The maximum atomic E-state index is 12.4. The number of nitrogens with zero attached hydrogens (tertiary/aromatic N) is 2. The number of carbonyl (C=O) groups is 1. The van der Waals surface area contributed by atoms with E-state index in [2.05, 4.69) is 17.0 Å². The quantitative estimate of drug-likeness (QED) is 0.635. The van der Waals surface area contributed by atoms with Gasteiger partial charge in [0.1, 0.15) is 6.04 Å². The van der Waals surface area contributed by atoms with Crippen molar-refractivity contribution in [3.05, 3.63) is 75.9 Å². The molecule has 0 radical (unpaired) electrons. The van der Waals surface area contributed by atoms with Gasteiger partial charge in [-0.05, 0) is 36.1 Å². The molecule has 0 spiro atoms. The van der Waals surface area contributed by atoms with Crippen LogP contribution in [0.3, 0.4) is 0 Å². The van der Waals surface area contributed by atoms with E-state index >= 15 is 0 Å². The highest BCUT2D eigenvalue weighted by Gasteiger charge is 2.33. The molecule has 0 saturated heterocycles. The molecule has 4 rings (SSSR count). The molecule has 0 fully saturated rings. The summed E-state index contributed by atoms with van der Waals surface area (Å²) in [5.41, 5.74) is 5.15. The summed E-state index contributed by atoms with van der Waals surface area (Å²) in [6.45, 7) is 3.18. The number of hydrogen-bond donors (Lipinski definition) is 0. The molecule has 138 valence electrons. The topological polar surface area (TPSA) is 42.4 Å². The fourth-order valence-corrected chi connectivity index (χ4v) is 4.03. The summed E-state index contributed by atoms with van der Waals surface area (Å²) in [5.74, 6) is -0.224. The molecule has 3 aromatic rings. The number of pyridine rings is 1. The van der Waals surface area contributed by atoms with Crippen LogP contribution in [0.15, 0.2) is 48.5 Å². The predicted molar refractivity (Wildman–Crippen MR) is 107 cm³/mol. The summed E-state index contributed by atoms with van der Waals surface area (Å²) in [7, 11) is 1.44. The Morgan fingerprint density at radius 1 is 1.19 bits per heavy atom. The monoisotopic (exact) mass is 380 g/mol. The third-order valence-corrected chi connectivity index (χ3v) is 5.82. The Balaban J connectivity index is 1.73. The highest BCUT2D eigenvalue weighted by atomic mass is 35.5. The van der Waals surface area contributed by atoms with Crippen LogP contribution in [-0.4, -0.2) is 29.0 Å². The van der Waals surface area contributed by atoms with Crippen LogP contribution in [0, 0.1) is 6.92 Å². The van der Waals surface area contributed by atoms with Crippen LogP contribution in [0.5, 0.6) is 0 Å². The Morgan fingerprint density at radius 3 is 2.67 bits per heavy atom. The smallest absolute Gasteiger partial charge is 0.323 e. The lowest BCUT2D eigenvalue weighted by atomic mass is 9.93. The van der Waals surface area contributed by atoms with Gasteiger partial charge in [0.05, 0.1) is 23.3 Å².